The molecular formula is C18H30N2. The first-order valence-electron chi connectivity index (χ1n) is 8.23. The second-order valence-corrected chi connectivity index (χ2v) is 6.19. The van der Waals surface area contributed by atoms with Crippen LogP contribution in [0.5, 0.6) is 0 Å². The average Bonchev–Trinajstić information content (AvgIpc) is 2.49. The van der Waals surface area contributed by atoms with Gasteiger partial charge in [-0.05, 0) is 63.9 Å². The van der Waals surface area contributed by atoms with E-state index >= 15 is 0 Å². The molecule has 1 fully saturated rings. The number of hydrogen-bond donors (Lipinski definition) is 1. The SMILES string of the molecule is CCc1ccc(C(C)NCCC2CCCCN2C)cc1. The summed E-state index contributed by atoms with van der Waals surface area (Å²) in [6, 6.07) is 10.3. The maximum atomic E-state index is 3.68. The van der Waals surface area contributed by atoms with E-state index in [-0.39, 0.29) is 0 Å². The van der Waals surface area contributed by atoms with Crippen LogP contribution in [0.1, 0.15) is 56.7 Å². The fourth-order valence-electron chi connectivity index (χ4n) is 3.14. The van der Waals surface area contributed by atoms with Crippen molar-refractivity contribution < 1.29 is 0 Å². The summed E-state index contributed by atoms with van der Waals surface area (Å²) in [4.78, 5) is 2.53. The minimum absolute atomic E-state index is 0.454. The van der Waals surface area contributed by atoms with Gasteiger partial charge in [-0.3, -0.25) is 0 Å². The maximum Gasteiger partial charge on any atom is 0.0291 e. The minimum Gasteiger partial charge on any atom is -0.310 e. The third-order valence-corrected chi connectivity index (χ3v) is 4.74. The smallest absolute Gasteiger partial charge is 0.0291 e. The first kappa shape index (κ1) is 15.5. The highest BCUT2D eigenvalue weighted by Gasteiger charge is 2.18. The molecule has 1 N–H and O–H groups in total. The van der Waals surface area contributed by atoms with E-state index in [0.29, 0.717) is 6.04 Å². The lowest BCUT2D eigenvalue weighted by atomic mass is 9.99. The third-order valence-electron chi connectivity index (χ3n) is 4.74. The maximum absolute atomic E-state index is 3.68. The van der Waals surface area contributed by atoms with Crippen molar-refractivity contribution in [3.63, 3.8) is 0 Å². The zero-order valence-corrected chi connectivity index (χ0v) is 13.4. The normalized spacial score (nSPS) is 21.9. The van der Waals surface area contributed by atoms with Crippen LogP contribution < -0.4 is 5.32 Å². The summed E-state index contributed by atoms with van der Waals surface area (Å²) in [5, 5.41) is 3.68. The fraction of sp³-hybridized carbons (Fsp3) is 0.667. The Bertz CT molecular complexity index is 385. The Morgan fingerprint density at radius 3 is 2.65 bits per heavy atom. The van der Waals surface area contributed by atoms with Crippen LogP contribution in [-0.2, 0) is 6.42 Å². The molecule has 2 heteroatoms. The molecule has 1 saturated heterocycles. The van der Waals surface area contributed by atoms with Gasteiger partial charge in [-0.1, -0.05) is 37.6 Å². The van der Waals surface area contributed by atoms with Crippen molar-refractivity contribution in [3.8, 4) is 0 Å². The Kier molecular flexibility index (Phi) is 6.06. The topological polar surface area (TPSA) is 15.3 Å². The van der Waals surface area contributed by atoms with E-state index in [2.05, 4.69) is 55.4 Å². The van der Waals surface area contributed by atoms with Crippen molar-refractivity contribution in [1.82, 2.24) is 10.2 Å². The lowest BCUT2D eigenvalue weighted by molar-refractivity contribution is 0.174. The van der Waals surface area contributed by atoms with Crippen LogP contribution in [-0.4, -0.2) is 31.1 Å². The van der Waals surface area contributed by atoms with Gasteiger partial charge in [-0.15, -0.1) is 0 Å². The van der Waals surface area contributed by atoms with Gasteiger partial charge in [0, 0.05) is 12.1 Å². The largest absolute Gasteiger partial charge is 0.310 e. The highest BCUT2D eigenvalue weighted by Crippen LogP contribution is 2.18. The molecule has 1 aromatic rings. The van der Waals surface area contributed by atoms with Crippen LogP contribution in [0.2, 0.25) is 0 Å². The van der Waals surface area contributed by atoms with Crippen molar-refractivity contribution in [2.45, 2.75) is 58.0 Å². The van der Waals surface area contributed by atoms with Crippen molar-refractivity contribution in [2.24, 2.45) is 0 Å². The standard InChI is InChI=1S/C18H30N2/c1-4-16-8-10-17(11-9-16)15(2)19-13-12-18-7-5-6-14-20(18)3/h8-11,15,18-19H,4-7,12-14H2,1-3H3. The number of hydrogen-bond acceptors (Lipinski definition) is 2. The quantitative estimate of drug-likeness (QED) is 0.849. The summed E-state index contributed by atoms with van der Waals surface area (Å²) in [6.45, 7) is 6.87. The van der Waals surface area contributed by atoms with Crippen molar-refractivity contribution in [1.29, 1.82) is 0 Å². The Balaban J connectivity index is 1.75. The monoisotopic (exact) mass is 274 g/mol. The molecule has 0 aromatic heterocycles. The minimum atomic E-state index is 0.454. The highest BCUT2D eigenvalue weighted by molar-refractivity contribution is 5.24. The van der Waals surface area contributed by atoms with Crippen LogP contribution in [0, 0.1) is 0 Å². The molecule has 2 rings (SSSR count). The van der Waals surface area contributed by atoms with E-state index in [4.69, 9.17) is 0 Å². The zero-order chi connectivity index (χ0) is 14.4. The molecule has 0 amide bonds. The predicted octanol–water partition coefficient (Wildman–Crippen LogP) is 3.77. The molecule has 2 nitrogen and oxygen atoms in total. The van der Waals surface area contributed by atoms with Gasteiger partial charge < -0.3 is 10.2 Å². The van der Waals surface area contributed by atoms with E-state index in [1.54, 1.807) is 0 Å². The van der Waals surface area contributed by atoms with E-state index in [1.807, 2.05) is 0 Å². The summed E-state index contributed by atoms with van der Waals surface area (Å²) < 4.78 is 0. The molecule has 1 aliphatic rings. The first-order valence-corrected chi connectivity index (χ1v) is 8.23. The molecule has 0 saturated carbocycles. The fourth-order valence-corrected chi connectivity index (χ4v) is 3.14. The van der Waals surface area contributed by atoms with Gasteiger partial charge in [0.1, 0.15) is 0 Å². The Hall–Kier alpha value is -0.860. The number of benzene rings is 1. The summed E-state index contributed by atoms with van der Waals surface area (Å²) in [5.41, 5.74) is 2.82. The first-order chi connectivity index (χ1) is 9.70. The number of nitrogens with one attached hydrogen (secondary N) is 1. The van der Waals surface area contributed by atoms with Crippen LogP contribution in [0.25, 0.3) is 0 Å². The van der Waals surface area contributed by atoms with Crippen molar-refractivity contribution >= 4 is 0 Å². The van der Waals surface area contributed by atoms with E-state index in [0.717, 1.165) is 19.0 Å². The molecule has 1 aromatic carbocycles. The highest BCUT2D eigenvalue weighted by atomic mass is 15.1. The van der Waals surface area contributed by atoms with Gasteiger partial charge in [0.15, 0.2) is 0 Å². The molecule has 1 aliphatic heterocycles. The molecule has 0 bridgehead atoms. The lowest BCUT2D eigenvalue weighted by Gasteiger charge is -2.32. The van der Waals surface area contributed by atoms with E-state index < -0.39 is 0 Å². The summed E-state index contributed by atoms with van der Waals surface area (Å²) in [5.74, 6) is 0. The Labute approximate surface area is 124 Å². The number of nitrogens with zero attached hydrogens (tertiary/aromatic N) is 1. The third kappa shape index (κ3) is 4.32. The van der Waals surface area contributed by atoms with Crippen LogP contribution in [0.4, 0.5) is 0 Å². The van der Waals surface area contributed by atoms with Crippen molar-refractivity contribution in [2.75, 3.05) is 20.1 Å². The molecule has 112 valence electrons. The molecule has 0 spiro atoms. The van der Waals surface area contributed by atoms with Gasteiger partial charge in [0.05, 0.1) is 0 Å². The van der Waals surface area contributed by atoms with Crippen LogP contribution in [0.15, 0.2) is 24.3 Å². The Morgan fingerprint density at radius 1 is 1.25 bits per heavy atom. The molecule has 1 heterocycles. The molecule has 0 radical (unpaired) electrons. The molecule has 20 heavy (non-hydrogen) atoms. The number of rotatable bonds is 6. The molecule has 2 atom stereocenters. The summed E-state index contributed by atoms with van der Waals surface area (Å²) in [6.07, 6.45) is 6.55. The van der Waals surface area contributed by atoms with Crippen LogP contribution in [0.3, 0.4) is 0 Å². The van der Waals surface area contributed by atoms with Crippen LogP contribution >= 0.6 is 0 Å². The van der Waals surface area contributed by atoms with Gasteiger partial charge >= 0.3 is 0 Å². The predicted molar refractivity (Wildman–Crippen MR) is 87.1 cm³/mol. The van der Waals surface area contributed by atoms with Gasteiger partial charge in [0.25, 0.3) is 0 Å². The zero-order valence-electron chi connectivity index (χ0n) is 13.4. The Morgan fingerprint density at radius 2 is 2.00 bits per heavy atom. The number of likely N-dealkylation sites (tertiary alicyclic amines) is 1. The number of piperidine rings is 1. The molecule has 0 aliphatic carbocycles. The second kappa shape index (κ2) is 7.80. The average molecular weight is 274 g/mol. The van der Waals surface area contributed by atoms with Gasteiger partial charge in [-0.2, -0.15) is 0 Å². The summed E-state index contributed by atoms with van der Waals surface area (Å²) in [7, 11) is 2.27. The van der Waals surface area contributed by atoms with Gasteiger partial charge in [0.2, 0.25) is 0 Å². The van der Waals surface area contributed by atoms with E-state index in [1.165, 1.54) is 43.4 Å². The lowest BCUT2D eigenvalue weighted by Crippen LogP contribution is -2.38. The van der Waals surface area contributed by atoms with E-state index in [9.17, 15) is 0 Å². The number of aryl methyl sites for hydroxylation is 1. The molecule has 2 unspecified atom stereocenters. The second-order valence-electron chi connectivity index (χ2n) is 6.19. The van der Waals surface area contributed by atoms with Crippen molar-refractivity contribution in [3.05, 3.63) is 35.4 Å². The molecular weight excluding hydrogens is 244 g/mol. The van der Waals surface area contributed by atoms with Gasteiger partial charge in [-0.25, -0.2) is 0 Å². The summed E-state index contributed by atoms with van der Waals surface area (Å²) >= 11 is 0.